The Bertz CT molecular complexity index is 1320. The fourth-order valence-electron chi connectivity index (χ4n) is 3.47. The van der Waals surface area contributed by atoms with Crippen molar-refractivity contribution in [1.82, 2.24) is 5.32 Å². The molecule has 1 saturated heterocycles. The zero-order valence-electron chi connectivity index (χ0n) is 19.0. The topological polar surface area (TPSA) is 97.0 Å². The van der Waals surface area contributed by atoms with Gasteiger partial charge in [0.25, 0.3) is 11.8 Å². The minimum Gasteiger partial charge on any atom is -0.493 e. The van der Waals surface area contributed by atoms with Gasteiger partial charge in [-0.3, -0.25) is 9.59 Å². The maximum atomic E-state index is 13.0. The first-order valence-electron chi connectivity index (χ1n) is 10.6. The van der Waals surface area contributed by atoms with E-state index in [0.717, 1.165) is 10.5 Å². The third kappa shape index (κ3) is 5.44. The third-order valence-corrected chi connectivity index (χ3v) is 5.39. The molecule has 0 unspecified atom stereocenters. The van der Waals surface area contributed by atoms with Gasteiger partial charge in [0.2, 0.25) is 0 Å². The van der Waals surface area contributed by atoms with Crippen LogP contribution < -0.4 is 25.0 Å². The molecule has 1 aliphatic heterocycles. The van der Waals surface area contributed by atoms with Gasteiger partial charge in [-0.2, -0.15) is 0 Å². The Labute approximate surface area is 207 Å². The van der Waals surface area contributed by atoms with Crippen LogP contribution in [0.3, 0.4) is 0 Å². The van der Waals surface area contributed by atoms with Crippen molar-refractivity contribution in [3.8, 4) is 11.5 Å². The first-order chi connectivity index (χ1) is 16.9. The Kier molecular flexibility index (Phi) is 7.03. The molecule has 178 valence electrons. The molecule has 4 rings (SSSR count). The van der Waals surface area contributed by atoms with E-state index >= 15 is 0 Å². The van der Waals surface area contributed by atoms with Gasteiger partial charge in [-0.1, -0.05) is 47.5 Å². The molecule has 0 radical (unpaired) electrons. The van der Waals surface area contributed by atoms with E-state index in [4.69, 9.17) is 21.1 Å². The third-order valence-electron chi connectivity index (χ3n) is 5.16. The number of halogens is 1. The largest absolute Gasteiger partial charge is 0.493 e. The monoisotopic (exact) mass is 491 g/mol. The van der Waals surface area contributed by atoms with Gasteiger partial charge < -0.3 is 20.1 Å². The van der Waals surface area contributed by atoms with Crippen LogP contribution in [-0.2, 0) is 9.59 Å². The van der Waals surface area contributed by atoms with Crippen molar-refractivity contribution in [3.63, 3.8) is 0 Å². The fourth-order valence-corrected chi connectivity index (χ4v) is 3.66. The van der Waals surface area contributed by atoms with Crippen LogP contribution in [0.1, 0.15) is 11.1 Å². The van der Waals surface area contributed by atoms with Crippen molar-refractivity contribution < 1.29 is 23.9 Å². The fraction of sp³-hybridized carbons (Fsp3) is 0.115. The second-order valence-corrected chi connectivity index (χ2v) is 8.13. The predicted molar refractivity (Wildman–Crippen MR) is 134 cm³/mol. The number of hydrogen-bond acceptors (Lipinski definition) is 5. The van der Waals surface area contributed by atoms with Crippen molar-refractivity contribution in [2.45, 2.75) is 6.92 Å². The van der Waals surface area contributed by atoms with Crippen molar-refractivity contribution in [2.75, 3.05) is 23.9 Å². The lowest BCUT2D eigenvalue weighted by molar-refractivity contribution is -0.118. The van der Waals surface area contributed by atoms with Crippen LogP contribution in [0.5, 0.6) is 11.5 Å². The van der Waals surface area contributed by atoms with E-state index < -0.39 is 11.9 Å². The SMILES string of the molecule is COc1cccc(/C=C2\NC(=O)N(c3cccc(Cl)c3)C2=O)c1OCC(=O)Nc1ccc(C)cc1. The Hall–Kier alpha value is -4.30. The number of rotatable bonds is 7. The number of nitrogens with one attached hydrogen (secondary N) is 2. The highest BCUT2D eigenvalue weighted by Crippen LogP contribution is 2.33. The molecule has 2 N–H and O–H groups in total. The predicted octanol–water partition coefficient (Wildman–Crippen LogP) is 4.77. The van der Waals surface area contributed by atoms with Crippen LogP contribution >= 0.6 is 11.6 Å². The number of urea groups is 1. The molecule has 8 nitrogen and oxygen atoms in total. The highest BCUT2D eigenvalue weighted by molar-refractivity contribution is 6.32. The number of amides is 4. The Balaban J connectivity index is 1.55. The van der Waals surface area contributed by atoms with E-state index in [1.165, 1.54) is 19.3 Å². The van der Waals surface area contributed by atoms with Gasteiger partial charge in [0.05, 0.1) is 12.8 Å². The molecule has 4 amide bonds. The van der Waals surface area contributed by atoms with Gasteiger partial charge in [0, 0.05) is 16.3 Å². The second-order valence-electron chi connectivity index (χ2n) is 7.69. The molecule has 1 fully saturated rings. The lowest BCUT2D eigenvalue weighted by Crippen LogP contribution is -2.30. The Morgan fingerprint density at radius 3 is 2.54 bits per heavy atom. The molecule has 0 saturated carbocycles. The zero-order chi connectivity index (χ0) is 24.9. The summed E-state index contributed by atoms with van der Waals surface area (Å²) in [5, 5.41) is 5.73. The zero-order valence-corrected chi connectivity index (χ0v) is 19.8. The molecule has 0 atom stereocenters. The van der Waals surface area contributed by atoms with Gasteiger partial charge in [0.1, 0.15) is 5.70 Å². The van der Waals surface area contributed by atoms with Crippen LogP contribution in [0.2, 0.25) is 5.02 Å². The minimum absolute atomic E-state index is 0.0391. The van der Waals surface area contributed by atoms with Crippen molar-refractivity contribution in [3.05, 3.63) is 88.6 Å². The Morgan fingerprint density at radius 2 is 1.83 bits per heavy atom. The number of aryl methyl sites for hydroxylation is 1. The summed E-state index contributed by atoms with van der Waals surface area (Å²) in [5.74, 6) is -0.297. The summed E-state index contributed by atoms with van der Waals surface area (Å²) in [6.45, 7) is 1.66. The molecule has 0 aromatic heterocycles. The van der Waals surface area contributed by atoms with Gasteiger partial charge in [-0.05, 0) is 49.4 Å². The molecule has 0 bridgehead atoms. The standard InChI is InChI=1S/C26H22ClN3O5/c1-16-9-11-19(12-10-16)28-23(31)15-35-24-17(5-3-8-22(24)34-2)13-21-25(32)30(26(33)29-21)20-7-4-6-18(27)14-20/h3-14H,15H2,1-2H3,(H,28,31)(H,29,33)/b21-13-. The first-order valence-corrected chi connectivity index (χ1v) is 11.0. The molecule has 0 aliphatic carbocycles. The normalized spacial score (nSPS) is 14.1. The quantitative estimate of drug-likeness (QED) is 0.366. The van der Waals surface area contributed by atoms with E-state index in [0.29, 0.717) is 27.7 Å². The summed E-state index contributed by atoms with van der Waals surface area (Å²) >= 11 is 6.01. The molecule has 1 heterocycles. The van der Waals surface area contributed by atoms with E-state index in [9.17, 15) is 14.4 Å². The molecular weight excluding hydrogens is 470 g/mol. The van der Waals surface area contributed by atoms with Gasteiger partial charge in [-0.25, -0.2) is 9.69 Å². The highest BCUT2D eigenvalue weighted by atomic mass is 35.5. The number of imide groups is 1. The van der Waals surface area contributed by atoms with E-state index in [1.54, 1.807) is 48.5 Å². The number of carbonyl (C=O) groups excluding carboxylic acids is 3. The van der Waals surface area contributed by atoms with Crippen LogP contribution in [0.15, 0.2) is 72.4 Å². The molecular formula is C26H22ClN3O5. The number of benzene rings is 3. The summed E-state index contributed by atoms with van der Waals surface area (Å²) < 4.78 is 11.2. The number of nitrogens with zero attached hydrogens (tertiary/aromatic N) is 1. The second kappa shape index (κ2) is 10.3. The first kappa shape index (κ1) is 23.8. The maximum Gasteiger partial charge on any atom is 0.333 e. The number of hydrogen-bond donors (Lipinski definition) is 2. The molecule has 3 aromatic rings. The summed E-state index contributed by atoms with van der Waals surface area (Å²) in [6.07, 6.45) is 1.47. The van der Waals surface area contributed by atoms with Crippen molar-refractivity contribution in [1.29, 1.82) is 0 Å². The van der Waals surface area contributed by atoms with E-state index in [2.05, 4.69) is 10.6 Å². The van der Waals surface area contributed by atoms with Crippen molar-refractivity contribution >= 4 is 46.9 Å². The smallest absolute Gasteiger partial charge is 0.333 e. The molecule has 1 aliphatic rings. The number of carbonyl (C=O) groups is 3. The average Bonchev–Trinajstić information content (AvgIpc) is 3.12. The molecule has 3 aromatic carbocycles. The van der Waals surface area contributed by atoms with Crippen LogP contribution in [0.4, 0.5) is 16.2 Å². The number of methoxy groups -OCH3 is 1. The molecule has 0 spiro atoms. The van der Waals surface area contributed by atoms with Crippen LogP contribution in [0, 0.1) is 6.92 Å². The Morgan fingerprint density at radius 1 is 1.09 bits per heavy atom. The average molecular weight is 492 g/mol. The van der Waals surface area contributed by atoms with Gasteiger partial charge in [0.15, 0.2) is 18.1 Å². The molecule has 35 heavy (non-hydrogen) atoms. The van der Waals surface area contributed by atoms with Crippen molar-refractivity contribution in [2.24, 2.45) is 0 Å². The van der Waals surface area contributed by atoms with Crippen LogP contribution in [-0.4, -0.2) is 31.6 Å². The lowest BCUT2D eigenvalue weighted by atomic mass is 10.1. The van der Waals surface area contributed by atoms with Gasteiger partial charge in [-0.15, -0.1) is 0 Å². The number of anilines is 2. The molecule has 9 heteroatoms. The highest BCUT2D eigenvalue weighted by Gasteiger charge is 2.35. The summed E-state index contributed by atoms with van der Waals surface area (Å²) in [5.41, 5.74) is 2.56. The number of para-hydroxylation sites is 1. The lowest BCUT2D eigenvalue weighted by Gasteiger charge is -2.14. The summed E-state index contributed by atoms with van der Waals surface area (Å²) in [6, 6.07) is 18.3. The summed E-state index contributed by atoms with van der Waals surface area (Å²) in [4.78, 5) is 38.9. The maximum absolute atomic E-state index is 13.0. The van der Waals surface area contributed by atoms with E-state index in [1.807, 2.05) is 19.1 Å². The van der Waals surface area contributed by atoms with E-state index in [-0.39, 0.29) is 24.0 Å². The van der Waals surface area contributed by atoms with Crippen LogP contribution in [0.25, 0.3) is 6.08 Å². The minimum atomic E-state index is -0.605. The summed E-state index contributed by atoms with van der Waals surface area (Å²) in [7, 11) is 1.47. The number of ether oxygens (including phenoxy) is 2. The van der Waals surface area contributed by atoms with Gasteiger partial charge >= 0.3 is 6.03 Å².